The highest BCUT2D eigenvalue weighted by molar-refractivity contribution is 7.99. The predicted molar refractivity (Wildman–Crippen MR) is 72.9 cm³/mol. The highest BCUT2D eigenvalue weighted by atomic mass is 32.2. The van der Waals surface area contributed by atoms with E-state index in [4.69, 9.17) is 14.2 Å². The highest BCUT2D eigenvalue weighted by Crippen LogP contribution is 2.34. The molecule has 4 nitrogen and oxygen atoms in total. The minimum absolute atomic E-state index is 0.355. The first-order valence-electron chi connectivity index (χ1n) is 6.02. The fraction of sp³-hybridized carbons (Fsp3) is 0.538. The van der Waals surface area contributed by atoms with Crippen molar-refractivity contribution >= 4 is 11.8 Å². The number of rotatable bonds is 6. The molecule has 2 rings (SSSR count). The monoisotopic (exact) mass is 269 g/mol. The molecule has 0 aliphatic carbocycles. The van der Waals surface area contributed by atoms with E-state index in [1.54, 1.807) is 18.9 Å². The number of nitrogens with one attached hydrogen (secondary N) is 1. The van der Waals surface area contributed by atoms with Crippen molar-refractivity contribution in [2.24, 2.45) is 0 Å². The average molecular weight is 269 g/mol. The lowest BCUT2D eigenvalue weighted by Gasteiger charge is -2.19. The third-order valence-electron chi connectivity index (χ3n) is 2.74. The zero-order valence-corrected chi connectivity index (χ0v) is 11.6. The molecule has 100 valence electrons. The van der Waals surface area contributed by atoms with Crippen molar-refractivity contribution in [2.75, 3.05) is 39.7 Å². The Morgan fingerprint density at radius 3 is 2.83 bits per heavy atom. The number of methoxy groups -OCH3 is 1. The van der Waals surface area contributed by atoms with E-state index < -0.39 is 0 Å². The zero-order valence-electron chi connectivity index (χ0n) is 10.8. The third-order valence-corrected chi connectivity index (χ3v) is 3.90. The quantitative estimate of drug-likeness (QED) is 0.797. The van der Waals surface area contributed by atoms with Gasteiger partial charge in [0.05, 0.1) is 6.61 Å². The van der Waals surface area contributed by atoms with Crippen molar-refractivity contribution in [2.45, 2.75) is 10.9 Å². The van der Waals surface area contributed by atoms with Crippen LogP contribution in [0.25, 0.3) is 0 Å². The van der Waals surface area contributed by atoms with Gasteiger partial charge in [-0.25, -0.2) is 0 Å². The van der Waals surface area contributed by atoms with E-state index in [2.05, 4.69) is 11.4 Å². The first kappa shape index (κ1) is 13.5. The van der Waals surface area contributed by atoms with Gasteiger partial charge in [-0.05, 0) is 25.2 Å². The molecule has 1 aromatic carbocycles. The Kier molecular flexibility index (Phi) is 5.16. The summed E-state index contributed by atoms with van der Waals surface area (Å²) in [6.45, 7) is 1.98. The first-order valence-corrected chi connectivity index (χ1v) is 7.00. The second kappa shape index (κ2) is 6.87. The van der Waals surface area contributed by atoms with Gasteiger partial charge in [0.2, 0.25) is 0 Å². The maximum Gasteiger partial charge on any atom is 0.162 e. The molecule has 1 atom stereocenters. The van der Waals surface area contributed by atoms with E-state index in [0.29, 0.717) is 25.9 Å². The Morgan fingerprint density at radius 1 is 1.33 bits per heavy atom. The van der Waals surface area contributed by atoms with Crippen molar-refractivity contribution in [1.29, 1.82) is 0 Å². The second-order valence-corrected chi connectivity index (χ2v) is 5.15. The molecule has 1 N–H and O–H groups in total. The summed E-state index contributed by atoms with van der Waals surface area (Å²) in [5.74, 6) is 2.65. The van der Waals surface area contributed by atoms with Crippen molar-refractivity contribution in [3.8, 4) is 11.5 Å². The third kappa shape index (κ3) is 3.54. The van der Waals surface area contributed by atoms with Gasteiger partial charge in [0.25, 0.3) is 0 Å². The molecule has 0 saturated heterocycles. The van der Waals surface area contributed by atoms with Crippen LogP contribution in [0.3, 0.4) is 0 Å². The summed E-state index contributed by atoms with van der Waals surface area (Å²) in [5.41, 5.74) is 0. The number of hydrogen-bond donors (Lipinski definition) is 1. The molecule has 1 heterocycles. The summed E-state index contributed by atoms with van der Waals surface area (Å²) in [4.78, 5) is 1.19. The van der Waals surface area contributed by atoms with Crippen molar-refractivity contribution in [1.82, 2.24) is 5.32 Å². The summed E-state index contributed by atoms with van der Waals surface area (Å²) in [5, 5.41) is 3.23. The number of benzene rings is 1. The average Bonchev–Trinajstić information content (AvgIpc) is 2.43. The largest absolute Gasteiger partial charge is 0.486 e. The van der Waals surface area contributed by atoms with E-state index in [-0.39, 0.29) is 0 Å². The molecule has 0 aromatic heterocycles. The SMILES string of the molecule is CNC(COC)CSc1ccc2c(c1)OCCO2. The van der Waals surface area contributed by atoms with Gasteiger partial charge in [0, 0.05) is 23.8 Å². The molecule has 1 aliphatic rings. The topological polar surface area (TPSA) is 39.7 Å². The van der Waals surface area contributed by atoms with E-state index in [0.717, 1.165) is 17.3 Å². The predicted octanol–water partition coefficient (Wildman–Crippen LogP) is 1.78. The lowest BCUT2D eigenvalue weighted by Crippen LogP contribution is -2.32. The highest BCUT2D eigenvalue weighted by Gasteiger charge is 2.13. The van der Waals surface area contributed by atoms with E-state index in [9.17, 15) is 0 Å². The number of ether oxygens (including phenoxy) is 3. The summed E-state index contributed by atoms with van der Waals surface area (Å²) in [6.07, 6.45) is 0. The van der Waals surface area contributed by atoms with Gasteiger partial charge in [0.15, 0.2) is 11.5 Å². The zero-order chi connectivity index (χ0) is 12.8. The molecule has 0 fully saturated rings. The normalized spacial score (nSPS) is 15.4. The van der Waals surface area contributed by atoms with E-state index in [1.807, 2.05) is 19.2 Å². The van der Waals surface area contributed by atoms with Gasteiger partial charge in [-0.15, -0.1) is 11.8 Å². The van der Waals surface area contributed by atoms with Gasteiger partial charge < -0.3 is 19.5 Å². The first-order chi connectivity index (χ1) is 8.83. The van der Waals surface area contributed by atoms with Crippen LogP contribution in [0, 0.1) is 0 Å². The summed E-state index contributed by atoms with van der Waals surface area (Å²) in [6, 6.07) is 6.44. The minimum Gasteiger partial charge on any atom is -0.486 e. The maximum absolute atomic E-state index is 5.57. The Balaban J connectivity index is 1.93. The van der Waals surface area contributed by atoms with Gasteiger partial charge in [0.1, 0.15) is 13.2 Å². The van der Waals surface area contributed by atoms with Gasteiger partial charge >= 0.3 is 0 Å². The summed E-state index contributed by atoms with van der Waals surface area (Å²) < 4.78 is 16.2. The number of thioether (sulfide) groups is 1. The van der Waals surface area contributed by atoms with E-state index in [1.165, 1.54) is 4.90 Å². The standard InChI is InChI=1S/C13H19NO3S/c1-14-10(8-15-2)9-18-11-3-4-12-13(7-11)17-6-5-16-12/h3-4,7,10,14H,5-6,8-9H2,1-2H3. The minimum atomic E-state index is 0.355. The van der Waals surface area contributed by atoms with Crippen LogP contribution in [-0.4, -0.2) is 45.8 Å². The molecule has 1 aliphatic heterocycles. The smallest absolute Gasteiger partial charge is 0.162 e. The van der Waals surface area contributed by atoms with Gasteiger partial charge in [-0.2, -0.15) is 0 Å². The van der Waals surface area contributed by atoms with Crippen LogP contribution < -0.4 is 14.8 Å². The van der Waals surface area contributed by atoms with Gasteiger partial charge in [-0.3, -0.25) is 0 Å². The molecule has 0 radical (unpaired) electrons. The number of likely N-dealkylation sites (N-methyl/N-ethyl adjacent to an activating group) is 1. The lowest BCUT2D eigenvalue weighted by molar-refractivity contribution is 0.171. The summed E-state index contributed by atoms with van der Waals surface area (Å²) in [7, 11) is 3.67. The van der Waals surface area contributed by atoms with Crippen LogP contribution >= 0.6 is 11.8 Å². The molecule has 0 spiro atoms. The fourth-order valence-corrected chi connectivity index (χ4v) is 2.74. The maximum atomic E-state index is 5.57. The molecular formula is C13H19NO3S. The molecule has 5 heteroatoms. The number of hydrogen-bond acceptors (Lipinski definition) is 5. The Hall–Kier alpha value is -0.910. The van der Waals surface area contributed by atoms with Crippen LogP contribution in [0.2, 0.25) is 0 Å². The van der Waals surface area contributed by atoms with Crippen molar-refractivity contribution in [3.05, 3.63) is 18.2 Å². The van der Waals surface area contributed by atoms with Crippen LogP contribution in [0.1, 0.15) is 0 Å². The van der Waals surface area contributed by atoms with Crippen molar-refractivity contribution < 1.29 is 14.2 Å². The molecular weight excluding hydrogens is 250 g/mol. The molecule has 1 aromatic rings. The van der Waals surface area contributed by atoms with Gasteiger partial charge in [-0.1, -0.05) is 0 Å². The Labute approximate surface area is 112 Å². The van der Waals surface area contributed by atoms with Crippen LogP contribution in [0.4, 0.5) is 0 Å². The van der Waals surface area contributed by atoms with Crippen LogP contribution in [0.5, 0.6) is 11.5 Å². The number of fused-ring (bicyclic) bond motifs is 1. The second-order valence-electron chi connectivity index (χ2n) is 4.06. The molecule has 0 saturated carbocycles. The lowest BCUT2D eigenvalue weighted by atomic mass is 10.3. The fourth-order valence-electron chi connectivity index (χ4n) is 1.73. The molecule has 1 unspecified atom stereocenters. The van der Waals surface area contributed by atoms with E-state index >= 15 is 0 Å². The molecule has 18 heavy (non-hydrogen) atoms. The Morgan fingerprint density at radius 2 is 2.11 bits per heavy atom. The van der Waals surface area contributed by atoms with Crippen molar-refractivity contribution in [3.63, 3.8) is 0 Å². The van der Waals surface area contributed by atoms with Crippen LogP contribution in [-0.2, 0) is 4.74 Å². The Bertz CT molecular complexity index is 386. The molecule has 0 amide bonds. The van der Waals surface area contributed by atoms with Crippen LogP contribution in [0.15, 0.2) is 23.1 Å². The molecule has 0 bridgehead atoms. The summed E-state index contributed by atoms with van der Waals surface area (Å²) >= 11 is 1.79.